The monoisotopic (exact) mass is 285 g/mol. The van der Waals surface area contributed by atoms with Crippen LogP contribution in [0.5, 0.6) is 0 Å². The molecule has 4 heteroatoms. The van der Waals surface area contributed by atoms with E-state index in [1.165, 1.54) is 10.4 Å². The number of rotatable bonds is 3. The predicted octanol–water partition coefficient (Wildman–Crippen LogP) is 5.54. The van der Waals surface area contributed by atoms with Gasteiger partial charge in [-0.1, -0.05) is 29.3 Å². The second kappa shape index (κ2) is 5.30. The lowest BCUT2D eigenvalue weighted by Crippen LogP contribution is -2.06. The van der Waals surface area contributed by atoms with Crippen molar-refractivity contribution in [1.29, 1.82) is 0 Å². The Morgan fingerprint density at radius 3 is 2.65 bits per heavy atom. The number of aryl methyl sites for hydroxylation is 1. The molecule has 0 aliphatic rings. The lowest BCUT2D eigenvalue weighted by Gasteiger charge is -2.16. The molecule has 1 heterocycles. The van der Waals surface area contributed by atoms with Gasteiger partial charge in [0.15, 0.2) is 0 Å². The number of nitrogens with one attached hydrogen (secondary N) is 1. The smallest absolute Gasteiger partial charge is 0.0823 e. The van der Waals surface area contributed by atoms with Crippen LogP contribution >= 0.6 is 34.5 Å². The van der Waals surface area contributed by atoms with Gasteiger partial charge in [-0.15, -0.1) is 11.3 Å². The number of anilines is 1. The summed E-state index contributed by atoms with van der Waals surface area (Å²) in [6, 6.07) is 7.97. The fourth-order valence-corrected chi connectivity index (χ4v) is 3.03. The van der Waals surface area contributed by atoms with Gasteiger partial charge in [0.2, 0.25) is 0 Å². The molecule has 0 fully saturated rings. The predicted molar refractivity (Wildman–Crippen MR) is 77.6 cm³/mol. The highest BCUT2D eigenvalue weighted by Gasteiger charge is 2.12. The highest BCUT2D eigenvalue weighted by Crippen LogP contribution is 2.33. The van der Waals surface area contributed by atoms with Gasteiger partial charge in [-0.2, -0.15) is 0 Å². The molecule has 0 radical (unpaired) electrons. The van der Waals surface area contributed by atoms with Crippen LogP contribution in [0.2, 0.25) is 10.0 Å². The van der Waals surface area contributed by atoms with E-state index in [0.29, 0.717) is 10.0 Å². The Morgan fingerprint density at radius 2 is 2.00 bits per heavy atom. The Hall–Kier alpha value is -0.700. The van der Waals surface area contributed by atoms with Crippen LogP contribution in [-0.2, 0) is 0 Å². The zero-order valence-corrected chi connectivity index (χ0v) is 12.0. The van der Waals surface area contributed by atoms with Gasteiger partial charge >= 0.3 is 0 Å². The molecular formula is C13H13Cl2NS. The number of benzene rings is 1. The molecule has 0 aliphatic carbocycles. The molecule has 90 valence electrons. The van der Waals surface area contributed by atoms with Gasteiger partial charge in [0, 0.05) is 4.88 Å². The molecule has 1 aromatic heterocycles. The van der Waals surface area contributed by atoms with Gasteiger partial charge in [0.1, 0.15) is 0 Å². The molecule has 0 amide bonds. The summed E-state index contributed by atoms with van der Waals surface area (Å²) >= 11 is 13.9. The Bertz CT molecular complexity index is 522. The normalized spacial score (nSPS) is 12.5. The van der Waals surface area contributed by atoms with Crippen molar-refractivity contribution in [3.05, 3.63) is 50.1 Å². The van der Waals surface area contributed by atoms with E-state index in [2.05, 4.69) is 30.6 Å². The van der Waals surface area contributed by atoms with Crippen LogP contribution in [0.25, 0.3) is 0 Å². The third-order valence-electron chi connectivity index (χ3n) is 2.62. The molecule has 2 rings (SSSR count). The molecule has 1 nitrogen and oxygen atoms in total. The molecule has 2 aromatic rings. The van der Waals surface area contributed by atoms with Crippen LogP contribution in [0.1, 0.15) is 23.4 Å². The van der Waals surface area contributed by atoms with Crippen molar-refractivity contribution >= 4 is 40.2 Å². The quantitative estimate of drug-likeness (QED) is 0.781. The fourth-order valence-electron chi connectivity index (χ4n) is 1.74. The molecule has 0 aliphatic heterocycles. The maximum atomic E-state index is 6.15. The number of hydrogen-bond acceptors (Lipinski definition) is 2. The lowest BCUT2D eigenvalue weighted by atomic mass is 10.2. The minimum atomic E-state index is 0.228. The molecule has 0 saturated heterocycles. The van der Waals surface area contributed by atoms with E-state index in [-0.39, 0.29) is 6.04 Å². The first-order valence-corrected chi connectivity index (χ1v) is 6.97. The average molecular weight is 286 g/mol. The molecular weight excluding hydrogens is 273 g/mol. The molecule has 0 bridgehead atoms. The van der Waals surface area contributed by atoms with Crippen molar-refractivity contribution in [3.8, 4) is 0 Å². The van der Waals surface area contributed by atoms with Crippen LogP contribution in [0, 0.1) is 6.92 Å². The average Bonchev–Trinajstić information content (AvgIpc) is 2.71. The molecule has 0 saturated carbocycles. The first-order valence-electron chi connectivity index (χ1n) is 5.34. The highest BCUT2D eigenvalue weighted by atomic mass is 35.5. The Labute approximate surface area is 115 Å². The van der Waals surface area contributed by atoms with E-state index in [0.717, 1.165) is 5.69 Å². The summed E-state index contributed by atoms with van der Waals surface area (Å²) in [4.78, 5) is 1.32. The zero-order valence-electron chi connectivity index (χ0n) is 9.63. The second-order valence-electron chi connectivity index (χ2n) is 3.94. The molecule has 1 N–H and O–H groups in total. The fraction of sp³-hybridized carbons (Fsp3) is 0.231. The Balaban J connectivity index is 2.22. The minimum absolute atomic E-state index is 0.228. The third kappa shape index (κ3) is 2.76. The summed E-state index contributed by atoms with van der Waals surface area (Å²) < 4.78 is 0. The van der Waals surface area contributed by atoms with Gasteiger partial charge < -0.3 is 5.32 Å². The SMILES string of the molecule is Cc1ccsc1C(C)Nc1cccc(Cl)c1Cl. The third-order valence-corrected chi connectivity index (χ3v) is 4.64. The van der Waals surface area contributed by atoms with Gasteiger partial charge in [0.25, 0.3) is 0 Å². The summed E-state index contributed by atoms with van der Waals surface area (Å²) in [5.74, 6) is 0. The summed E-state index contributed by atoms with van der Waals surface area (Å²) in [5.41, 5.74) is 2.17. The zero-order chi connectivity index (χ0) is 12.4. The molecule has 1 atom stereocenters. The van der Waals surface area contributed by atoms with E-state index < -0.39 is 0 Å². The topological polar surface area (TPSA) is 12.0 Å². The van der Waals surface area contributed by atoms with Crippen molar-refractivity contribution in [3.63, 3.8) is 0 Å². The first-order chi connectivity index (χ1) is 8.09. The van der Waals surface area contributed by atoms with E-state index in [9.17, 15) is 0 Å². The van der Waals surface area contributed by atoms with Crippen molar-refractivity contribution < 1.29 is 0 Å². The van der Waals surface area contributed by atoms with E-state index in [1.807, 2.05) is 12.1 Å². The summed E-state index contributed by atoms with van der Waals surface area (Å²) in [6.45, 7) is 4.24. The van der Waals surface area contributed by atoms with Crippen molar-refractivity contribution in [2.45, 2.75) is 19.9 Å². The summed E-state index contributed by atoms with van der Waals surface area (Å²) in [5, 5.41) is 6.64. The number of hydrogen-bond donors (Lipinski definition) is 1. The highest BCUT2D eigenvalue weighted by molar-refractivity contribution is 7.10. The van der Waals surface area contributed by atoms with Crippen molar-refractivity contribution in [2.24, 2.45) is 0 Å². The Kier molecular flexibility index (Phi) is 3.97. The van der Waals surface area contributed by atoms with Crippen LogP contribution in [0.4, 0.5) is 5.69 Å². The van der Waals surface area contributed by atoms with Gasteiger partial charge in [-0.3, -0.25) is 0 Å². The molecule has 17 heavy (non-hydrogen) atoms. The number of thiophene rings is 1. The van der Waals surface area contributed by atoms with Gasteiger partial charge in [-0.25, -0.2) is 0 Å². The maximum absolute atomic E-state index is 6.15. The van der Waals surface area contributed by atoms with Crippen LogP contribution in [0.15, 0.2) is 29.6 Å². The van der Waals surface area contributed by atoms with Crippen molar-refractivity contribution in [1.82, 2.24) is 0 Å². The molecule has 1 unspecified atom stereocenters. The first kappa shape index (κ1) is 12.7. The van der Waals surface area contributed by atoms with Crippen LogP contribution < -0.4 is 5.32 Å². The maximum Gasteiger partial charge on any atom is 0.0823 e. The lowest BCUT2D eigenvalue weighted by molar-refractivity contribution is 0.899. The standard InChI is InChI=1S/C13H13Cl2NS/c1-8-6-7-17-13(8)9(2)16-11-5-3-4-10(14)12(11)15/h3-7,9,16H,1-2H3. The summed E-state index contributed by atoms with van der Waals surface area (Å²) in [7, 11) is 0. The van der Waals surface area contributed by atoms with E-state index in [4.69, 9.17) is 23.2 Å². The van der Waals surface area contributed by atoms with E-state index in [1.54, 1.807) is 17.4 Å². The van der Waals surface area contributed by atoms with Gasteiger partial charge in [-0.05, 0) is 43.0 Å². The second-order valence-corrected chi connectivity index (χ2v) is 5.67. The Morgan fingerprint density at radius 1 is 1.24 bits per heavy atom. The molecule has 0 spiro atoms. The van der Waals surface area contributed by atoms with Crippen LogP contribution in [-0.4, -0.2) is 0 Å². The molecule has 1 aromatic carbocycles. The van der Waals surface area contributed by atoms with Crippen LogP contribution in [0.3, 0.4) is 0 Å². The largest absolute Gasteiger partial charge is 0.376 e. The summed E-state index contributed by atoms with van der Waals surface area (Å²) in [6.07, 6.45) is 0. The number of halogens is 2. The minimum Gasteiger partial charge on any atom is -0.376 e. The van der Waals surface area contributed by atoms with Gasteiger partial charge in [0.05, 0.1) is 21.8 Å². The van der Waals surface area contributed by atoms with E-state index >= 15 is 0 Å². The van der Waals surface area contributed by atoms with Crippen molar-refractivity contribution in [2.75, 3.05) is 5.32 Å².